The normalized spacial score (nSPS) is 16.5. The van der Waals surface area contributed by atoms with Gasteiger partial charge in [0.2, 0.25) is 0 Å². The van der Waals surface area contributed by atoms with Gasteiger partial charge in [-0.05, 0) is 42.9 Å². The fourth-order valence-electron chi connectivity index (χ4n) is 2.89. The number of H-pyrrole nitrogens is 1. The first kappa shape index (κ1) is 17.3. The predicted molar refractivity (Wildman–Crippen MR) is 99.2 cm³/mol. The van der Waals surface area contributed by atoms with Crippen LogP contribution >= 0.6 is 12.2 Å². The summed E-state index contributed by atoms with van der Waals surface area (Å²) in [5.74, 6) is 1.98. The van der Waals surface area contributed by atoms with Gasteiger partial charge in [-0.1, -0.05) is 6.08 Å². The first-order chi connectivity index (χ1) is 12.0. The third-order valence-corrected chi connectivity index (χ3v) is 4.57. The first-order valence-corrected chi connectivity index (χ1v) is 8.25. The molecule has 1 aromatic carbocycles. The summed E-state index contributed by atoms with van der Waals surface area (Å²) in [4.78, 5) is 5.08. The molecule has 7 heteroatoms. The molecule has 1 heterocycles. The van der Waals surface area contributed by atoms with Gasteiger partial charge in [-0.2, -0.15) is 0 Å². The van der Waals surface area contributed by atoms with E-state index in [1.54, 1.807) is 20.3 Å². The standard InChI is InChI=1S/C18H20FN3O2S/c1-21(14-8-9-15(23-2)16(10-14)24-3)17-11-20-18(25)22(17)13-6-4-12(19)5-7-13/h4-6,8-11,13H,7H2,1-3H3,(H,20,25). The summed E-state index contributed by atoms with van der Waals surface area (Å²) < 4.78 is 26.5. The zero-order valence-electron chi connectivity index (χ0n) is 14.3. The van der Waals surface area contributed by atoms with Crippen molar-refractivity contribution in [2.24, 2.45) is 0 Å². The molecular formula is C18H20FN3O2S. The van der Waals surface area contributed by atoms with Gasteiger partial charge in [0.25, 0.3) is 0 Å². The average Bonchev–Trinajstić information content (AvgIpc) is 3.02. The van der Waals surface area contributed by atoms with Crippen molar-refractivity contribution in [2.45, 2.75) is 12.5 Å². The monoisotopic (exact) mass is 361 g/mol. The van der Waals surface area contributed by atoms with E-state index in [-0.39, 0.29) is 11.9 Å². The Bertz CT molecular complexity index is 885. The fourth-order valence-corrected chi connectivity index (χ4v) is 3.18. The van der Waals surface area contributed by atoms with Crippen molar-refractivity contribution in [3.05, 3.63) is 53.2 Å². The van der Waals surface area contributed by atoms with Gasteiger partial charge in [-0.25, -0.2) is 4.39 Å². The second kappa shape index (κ2) is 7.14. The van der Waals surface area contributed by atoms with Gasteiger partial charge in [0, 0.05) is 25.0 Å². The van der Waals surface area contributed by atoms with Crippen LogP contribution < -0.4 is 14.4 Å². The van der Waals surface area contributed by atoms with Crippen LogP contribution in [0.1, 0.15) is 12.5 Å². The number of aromatic nitrogens is 2. The Morgan fingerprint density at radius 2 is 2.04 bits per heavy atom. The number of nitrogens with zero attached hydrogens (tertiary/aromatic N) is 2. The van der Waals surface area contributed by atoms with Gasteiger partial charge in [0.1, 0.15) is 11.6 Å². The molecule has 0 aliphatic heterocycles. The number of allylic oxidation sites excluding steroid dienone is 4. The summed E-state index contributed by atoms with van der Waals surface area (Å²) in [5.41, 5.74) is 0.918. The third-order valence-electron chi connectivity index (χ3n) is 4.25. The van der Waals surface area contributed by atoms with Crippen LogP contribution in [0.3, 0.4) is 0 Å². The first-order valence-electron chi connectivity index (χ1n) is 7.84. The summed E-state index contributed by atoms with van der Waals surface area (Å²) in [6.45, 7) is 0. The molecule has 1 atom stereocenters. The quantitative estimate of drug-likeness (QED) is 0.785. The highest BCUT2D eigenvalue weighted by Crippen LogP contribution is 2.35. The highest BCUT2D eigenvalue weighted by molar-refractivity contribution is 7.71. The van der Waals surface area contributed by atoms with E-state index in [1.165, 1.54) is 6.08 Å². The van der Waals surface area contributed by atoms with E-state index in [9.17, 15) is 4.39 Å². The Kier molecular flexibility index (Phi) is 4.94. The summed E-state index contributed by atoms with van der Waals surface area (Å²) >= 11 is 5.43. The number of halogens is 1. The van der Waals surface area contributed by atoms with Crippen LogP contribution in [0.5, 0.6) is 11.5 Å². The van der Waals surface area contributed by atoms with Crippen LogP contribution in [-0.4, -0.2) is 30.8 Å². The van der Waals surface area contributed by atoms with Gasteiger partial charge in [-0.15, -0.1) is 0 Å². The third kappa shape index (κ3) is 3.32. The molecule has 0 radical (unpaired) electrons. The maximum atomic E-state index is 13.3. The number of rotatable bonds is 5. The van der Waals surface area contributed by atoms with Gasteiger partial charge < -0.3 is 19.4 Å². The molecule has 1 aromatic heterocycles. The van der Waals surface area contributed by atoms with E-state index in [4.69, 9.17) is 21.7 Å². The Morgan fingerprint density at radius 3 is 2.68 bits per heavy atom. The van der Waals surface area contributed by atoms with Gasteiger partial charge in [0.05, 0.1) is 20.3 Å². The molecule has 3 rings (SSSR count). The average molecular weight is 361 g/mol. The lowest BCUT2D eigenvalue weighted by Crippen LogP contribution is -2.18. The van der Waals surface area contributed by atoms with Crippen LogP contribution in [0.25, 0.3) is 0 Å². The molecule has 1 aliphatic carbocycles. The maximum absolute atomic E-state index is 13.3. The molecule has 2 aromatic rings. The van der Waals surface area contributed by atoms with E-state index in [2.05, 4.69) is 4.98 Å². The van der Waals surface area contributed by atoms with Crippen LogP contribution in [-0.2, 0) is 0 Å². The molecule has 1 N–H and O–H groups in total. The second-order valence-electron chi connectivity index (χ2n) is 5.67. The molecule has 0 saturated carbocycles. The Morgan fingerprint density at radius 1 is 1.28 bits per heavy atom. The van der Waals surface area contributed by atoms with E-state index >= 15 is 0 Å². The van der Waals surface area contributed by atoms with E-state index in [1.807, 2.05) is 47.0 Å². The minimum Gasteiger partial charge on any atom is -0.493 e. The SMILES string of the molecule is COc1ccc(N(C)c2c[nH]c(=S)n2C2C=CC(F)=CC2)cc1OC. The van der Waals surface area contributed by atoms with E-state index < -0.39 is 0 Å². The van der Waals surface area contributed by atoms with E-state index in [0.717, 1.165) is 11.5 Å². The van der Waals surface area contributed by atoms with Crippen LogP contribution in [0.4, 0.5) is 15.9 Å². The Balaban J connectivity index is 1.98. The van der Waals surface area contributed by atoms with Crippen molar-refractivity contribution >= 4 is 23.7 Å². The number of aromatic amines is 1. The number of hydrogen-bond donors (Lipinski definition) is 1. The second-order valence-corrected chi connectivity index (χ2v) is 6.06. The number of methoxy groups -OCH3 is 2. The molecule has 1 aliphatic rings. The highest BCUT2D eigenvalue weighted by atomic mass is 32.1. The molecular weight excluding hydrogens is 341 g/mol. The topological polar surface area (TPSA) is 42.4 Å². The number of imidazole rings is 1. The zero-order valence-corrected chi connectivity index (χ0v) is 15.1. The predicted octanol–water partition coefficient (Wildman–Crippen LogP) is 4.69. The summed E-state index contributed by atoms with van der Waals surface area (Å²) in [6, 6.07) is 5.67. The van der Waals surface area contributed by atoms with Crippen molar-refractivity contribution in [2.75, 3.05) is 26.2 Å². The maximum Gasteiger partial charge on any atom is 0.179 e. The largest absolute Gasteiger partial charge is 0.493 e. The zero-order chi connectivity index (χ0) is 18.0. The van der Waals surface area contributed by atoms with Gasteiger partial charge in [-0.3, -0.25) is 4.57 Å². The van der Waals surface area contributed by atoms with Crippen LogP contribution in [0.15, 0.2) is 48.5 Å². The number of benzene rings is 1. The van der Waals surface area contributed by atoms with Crippen LogP contribution in [0, 0.1) is 4.77 Å². The minimum atomic E-state index is -0.215. The molecule has 25 heavy (non-hydrogen) atoms. The molecule has 0 amide bonds. The van der Waals surface area contributed by atoms with Gasteiger partial charge >= 0.3 is 0 Å². The van der Waals surface area contributed by atoms with Crippen molar-refractivity contribution in [1.82, 2.24) is 9.55 Å². The van der Waals surface area contributed by atoms with Crippen molar-refractivity contribution in [1.29, 1.82) is 0 Å². The number of ether oxygens (including phenoxy) is 2. The van der Waals surface area contributed by atoms with E-state index in [0.29, 0.717) is 22.7 Å². The number of nitrogens with one attached hydrogen (secondary N) is 1. The number of anilines is 2. The van der Waals surface area contributed by atoms with Crippen LogP contribution in [0.2, 0.25) is 0 Å². The fraction of sp³-hybridized carbons (Fsp3) is 0.278. The van der Waals surface area contributed by atoms with Gasteiger partial charge in [0.15, 0.2) is 16.3 Å². The Hall–Kier alpha value is -2.54. The molecule has 1 unspecified atom stereocenters. The molecule has 0 fully saturated rings. The van der Waals surface area contributed by atoms with Crippen molar-refractivity contribution in [3.8, 4) is 11.5 Å². The highest BCUT2D eigenvalue weighted by Gasteiger charge is 2.19. The molecule has 132 valence electrons. The summed E-state index contributed by atoms with van der Waals surface area (Å²) in [6.07, 6.45) is 7.27. The van der Waals surface area contributed by atoms with Crippen molar-refractivity contribution < 1.29 is 13.9 Å². The van der Waals surface area contributed by atoms with Crippen molar-refractivity contribution in [3.63, 3.8) is 0 Å². The number of hydrogen-bond acceptors (Lipinski definition) is 4. The lowest BCUT2D eigenvalue weighted by Gasteiger charge is -2.25. The smallest absolute Gasteiger partial charge is 0.179 e. The lowest BCUT2D eigenvalue weighted by atomic mass is 10.1. The summed E-state index contributed by atoms with van der Waals surface area (Å²) in [5, 5.41) is 0. The molecule has 0 saturated heterocycles. The molecule has 0 bridgehead atoms. The molecule has 0 spiro atoms. The molecule has 5 nitrogen and oxygen atoms in total. The summed E-state index contributed by atoms with van der Waals surface area (Å²) in [7, 11) is 5.15. The lowest BCUT2D eigenvalue weighted by molar-refractivity contribution is 0.355. The minimum absolute atomic E-state index is 0.0316. The Labute approximate surface area is 151 Å².